The first-order valence-electron chi connectivity index (χ1n) is 13.1. The molecule has 3 heterocycles. The van der Waals surface area contributed by atoms with E-state index in [4.69, 9.17) is 14.2 Å². The zero-order valence-electron chi connectivity index (χ0n) is 22.0. The molecule has 3 amide bonds. The van der Waals surface area contributed by atoms with Crippen molar-refractivity contribution in [3.63, 3.8) is 0 Å². The van der Waals surface area contributed by atoms with Crippen LogP contribution in [0.1, 0.15) is 27.9 Å². The zero-order chi connectivity index (χ0) is 28.1. The Bertz CT molecular complexity index is 1380. The number of amides is 3. The number of aryl methyl sites for hydroxylation is 1. The molecule has 10 heteroatoms. The number of ether oxygens (including phenoxy) is 3. The molecule has 2 N–H and O–H groups in total. The van der Waals surface area contributed by atoms with Gasteiger partial charge in [0.2, 0.25) is 0 Å². The number of nitrogens with one attached hydrogen (secondary N) is 2. The molecule has 3 aromatic carbocycles. The van der Waals surface area contributed by atoms with E-state index in [1.165, 1.54) is 24.3 Å². The summed E-state index contributed by atoms with van der Waals surface area (Å²) in [6, 6.07) is 17.3. The maximum Gasteiger partial charge on any atom is 0.260 e. The van der Waals surface area contributed by atoms with Gasteiger partial charge in [-0.15, -0.1) is 0 Å². The molecule has 4 bridgehead atoms. The van der Waals surface area contributed by atoms with Crippen molar-refractivity contribution in [3.8, 4) is 17.2 Å². The molecule has 6 rings (SSSR count). The lowest BCUT2D eigenvalue weighted by Crippen LogP contribution is -2.58. The first-order valence-corrected chi connectivity index (χ1v) is 13.1. The van der Waals surface area contributed by atoms with E-state index < -0.39 is 12.1 Å². The first kappa shape index (κ1) is 27.0. The number of nitrogens with zero attached hydrogens (tertiary/aromatic N) is 1. The smallest absolute Gasteiger partial charge is 0.260 e. The minimum atomic E-state index is -0.514. The molecule has 208 valence electrons. The van der Waals surface area contributed by atoms with Gasteiger partial charge in [-0.05, 0) is 66.6 Å². The average molecular weight is 548 g/mol. The highest BCUT2D eigenvalue weighted by Gasteiger charge is 2.34. The van der Waals surface area contributed by atoms with Gasteiger partial charge in [0.25, 0.3) is 17.7 Å². The van der Waals surface area contributed by atoms with Crippen LogP contribution in [-0.2, 0) is 16.1 Å². The van der Waals surface area contributed by atoms with Gasteiger partial charge in [0.1, 0.15) is 29.2 Å². The van der Waals surface area contributed by atoms with E-state index in [1.54, 1.807) is 23.1 Å². The number of piperidine rings is 1. The van der Waals surface area contributed by atoms with Crippen molar-refractivity contribution in [1.82, 2.24) is 15.5 Å². The van der Waals surface area contributed by atoms with Crippen molar-refractivity contribution in [2.45, 2.75) is 32.0 Å². The third-order valence-corrected chi connectivity index (χ3v) is 6.90. The maximum atomic E-state index is 13.3. The van der Waals surface area contributed by atoms with Crippen molar-refractivity contribution < 1.29 is 33.0 Å². The Labute approximate surface area is 231 Å². The molecule has 3 aromatic rings. The lowest BCUT2D eigenvalue weighted by Gasteiger charge is -2.38. The van der Waals surface area contributed by atoms with Gasteiger partial charge in [-0.3, -0.25) is 14.4 Å². The van der Waals surface area contributed by atoms with Crippen LogP contribution in [-0.4, -0.2) is 61.1 Å². The number of carbonyl (C=O) groups excluding carboxylic acids is 3. The molecule has 0 radical (unpaired) electrons. The normalized spacial score (nSPS) is 19.3. The molecule has 0 unspecified atom stereocenters. The topological polar surface area (TPSA) is 106 Å². The SMILES string of the molecule is Cc1ccc2cc1OCC(=O)NCc1ccc(cc1)O[C@H]1CCN(C(=O)COc3ccc(F)cc3)C[C@@H]1NC2=O. The Hall–Kier alpha value is -4.60. The molecule has 0 spiro atoms. The molecule has 0 aromatic heterocycles. The van der Waals surface area contributed by atoms with Crippen LogP contribution in [0.2, 0.25) is 0 Å². The minimum Gasteiger partial charge on any atom is -0.488 e. The summed E-state index contributed by atoms with van der Waals surface area (Å²) < 4.78 is 30.7. The van der Waals surface area contributed by atoms with Gasteiger partial charge >= 0.3 is 0 Å². The summed E-state index contributed by atoms with van der Waals surface area (Å²) in [6.07, 6.45) is 0.0845. The summed E-state index contributed by atoms with van der Waals surface area (Å²) in [6.45, 7) is 2.40. The second kappa shape index (κ2) is 12.1. The number of halogens is 1. The molecule has 1 fully saturated rings. The fourth-order valence-corrected chi connectivity index (χ4v) is 4.61. The summed E-state index contributed by atoms with van der Waals surface area (Å²) in [5, 5.41) is 5.86. The standard InChI is InChI=1S/C30H30FN3O6/c1-19-2-5-21-14-27(19)39-17-28(35)32-15-20-3-8-24(9-4-20)40-26-12-13-34(16-25(26)33-30(21)37)29(36)18-38-23-10-6-22(31)7-11-23/h2-11,14,25-26H,12-13,15-18H2,1H3,(H,32,35)(H,33,37)/t25-,26-/m0/s1. The second-order valence-electron chi connectivity index (χ2n) is 9.80. The summed E-state index contributed by atoms with van der Waals surface area (Å²) in [7, 11) is 0. The van der Waals surface area contributed by atoms with Crippen LogP contribution >= 0.6 is 0 Å². The van der Waals surface area contributed by atoms with Crippen molar-refractivity contribution in [3.05, 3.63) is 89.2 Å². The molecule has 9 nitrogen and oxygen atoms in total. The molecule has 3 aliphatic rings. The number of carbonyl (C=O) groups is 3. The Morgan fingerprint density at radius 3 is 2.62 bits per heavy atom. The van der Waals surface area contributed by atoms with Gasteiger partial charge in [-0.25, -0.2) is 4.39 Å². The van der Waals surface area contributed by atoms with Crippen molar-refractivity contribution >= 4 is 17.7 Å². The summed E-state index contributed by atoms with van der Waals surface area (Å²) >= 11 is 0. The lowest BCUT2D eigenvalue weighted by atomic mass is 10.0. The van der Waals surface area contributed by atoms with Gasteiger partial charge in [-0.1, -0.05) is 18.2 Å². The highest BCUT2D eigenvalue weighted by atomic mass is 19.1. The van der Waals surface area contributed by atoms with Crippen LogP contribution < -0.4 is 24.8 Å². The van der Waals surface area contributed by atoms with Gasteiger partial charge < -0.3 is 29.7 Å². The van der Waals surface area contributed by atoms with Crippen LogP contribution in [0.15, 0.2) is 66.7 Å². The summed E-state index contributed by atoms with van der Waals surface area (Å²) in [4.78, 5) is 40.3. The Kier molecular flexibility index (Phi) is 8.14. The zero-order valence-corrected chi connectivity index (χ0v) is 22.0. The number of hydrogen-bond donors (Lipinski definition) is 2. The average Bonchev–Trinajstić information content (AvgIpc) is 2.96. The molecule has 3 aliphatic heterocycles. The number of rotatable bonds is 3. The van der Waals surface area contributed by atoms with Gasteiger partial charge in [-0.2, -0.15) is 0 Å². The van der Waals surface area contributed by atoms with Crippen molar-refractivity contribution in [1.29, 1.82) is 0 Å². The Morgan fingerprint density at radius 1 is 1.07 bits per heavy atom. The van der Waals surface area contributed by atoms with Crippen molar-refractivity contribution in [2.24, 2.45) is 0 Å². The number of hydrogen-bond acceptors (Lipinski definition) is 6. The van der Waals surface area contributed by atoms with Crippen LogP contribution in [0.4, 0.5) is 4.39 Å². The molecule has 2 atom stereocenters. The lowest BCUT2D eigenvalue weighted by molar-refractivity contribution is -0.135. The summed E-state index contributed by atoms with van der Waals surface area (Å²) in [5.74, 6) is 0.153. The van der Waals surface area contributed by atoms with Crippen LogP contribution in [0.3, 0.4) is 0 Å². The third kappa shape index (κ3) is 6.69. The minimum absolute atomic E-state index is 0.186. The number of likely N-dealkylation sites (tertiary alicyclic amines) is 1. The predicted molar refractivity (Wildman–Crippen MR) is 144 cm³/mol. The van der Waals surface area contributed by atoms with Crippen LogP contribution in [0.5, 0.6) is 17.2 Å². The van der Waals surface area contributed by atoms with Gasteiger partial charge in [0, 0.05) is 31.6 Å². The van der Waals surface area contributed by atoms with E-state index in [0.717, 1.165) is 11.1 Å². The number of benzene rings is 3. The largest absolute Gasteiger partial charge is 0.488 e. The highest BCUT2D eigenvalue weighted by molar-refractivity contribution is 5.95. The van der Waals surface area contributed by atoms with Crippen LogP contribution in [0, 0.1) is 12.7 Å². The predicted octanol–water partition coefficient (Wildman–Crippen LogP) is 3.00. The van der Waals surface area contributed by atoms with Gasteiger partial charge in [0.15, 0.2) is 13.2 Å². The molecule has 1 saturated heterocycles. The highest BCUT2D eigenvalue weighted by Crippen LogP contribution is 2.23. The molecule has 0 saturated carbocycles. The quantitative estimate of drug-likeness (QED) is 0.522. The van der Waals surface area contributed by atoms with E-state index >= 15 is 0 Å². The maximum absolute atomic E-state index is 13.3. The first-order chi connectivity index (χ1) is 19.3. The Balaban J connectivity index is 1.35. The van der Waals surface area contributed by atoms with Crippen LogP contribution in [0.25, 0.3) is 0 Å². The van der Waals surface area contributed by atoms with Crippen molar-refractivity contribution in [2.75, 3.05) is 26.3 Å². The Morgan fingerprint density at radius 2 is 1.85 bits per heavy atom. The van der Waals surface area contributed by atoms with E-state index in [-0.39, 0.29) is 43.3 Å². The molecular formula is C30H30FN3O6. The monoisotopic (exact) mass is 547 g/mol. The fraction of sp³-hybridized carbons (Fsp3) is 0.300. The molecular weight excluding hydrogens is 517 g/mol. The number of fused-ring (bicyclic) bond motifs is 7. The summed E-state index contributed by atoms with van der Waals surface area (Å²) in [5.41, 5.74) is 2.04. The molecule has 0 aliphatic carbocycles. The fourth-order valence-electron chi connectivity index (χ4n) is 4.61. The van der Waals surface area contributed by atoms with E-state index in [1.807, 2.05) is 31.2 Å². The molecule has 40 heavy (non-hydrogen) atoms. The van der Waals surface area contributed by atoms with E-state index in [9.17, 15) is 18.8 Å². The second-order valence-corrected chi connectivity index (χ2v) is 9.80. The van der Waals surface area contributed by atoms with Gasteiger partial charge in [0.05, 0.1) is 6.04 Å². The third-order valence-electron chi connectivity index (χ3n) is 6.90. The van der Waals surface area contributed by atoms with E-state index in [2.05, 4.69) is 10.6 Å². The van der Waals surface area contributed by atoms with E-state index in [0.29, 0.717) is 42.3 Å².